The number of aliphatic imine (C=N–C) groups is 1. The zero-order valence-electron chi connectivity index (χ0n) is 23.6. The van der Waals surface area contributed by atoms with Crippen LogP contribution in [0.5, 0.6) is 11.5 Å². The average molecular weight is 515 g/mol. The molecule has 0 aromatic heterocycles. The molecule has 0 spiro atoms. The summed E-state index contributed by atoms with van der Waals surface area (Å²) in [5.41, 5.74) is 2.39. The lowest BCUT2D eigenvalue weighted by Gasteiger charge is -2.43. The van der Waals surface area contributed by atoms with Crippen LogP contribution in [-0.4, -0.2) is 29.5 Å². The first-order chi connectivity index (χ1) is 15.7. The molecule has 0 saturated carbocycles. The molecule has 1 atom stereocenters. The van der Waals surface area contributed by atoms with Gasteiger partial charge in [0.1, 0.15) is 5.84 Å². The summed E-state index contributed by atoms with van der Waals surface area (Å²) in [5.74, 6) is 2.26. The second-order valence-corrected chi connectivity index (χ2v) is 16.8. The highest BCUT2D eigenvalue weighted by molar-refractivity contribution is 7.13. The number of hydrogen-bond acceptors (Lipinski definition) is 3. The number of halogens is 1. The second kappa shape index (κ2) is 8.84. The Morgan fingerprint density at radius 1 is 0.800 bits per heavy atom. The highest BCUT2D eigenvalue weighted by atomic mass is 35.6. The van der Waals surface area contributed by atoms with Crippen molar-refractivity contribution >= 4 is 24.9 Å². The Labute approximate surface area is 218 Å². The van der Waals surface area contributed by atoms with Gasteiger partial charge in [-0.1, -0.05) is 77.9 Å². The van der Waals surface area contributed by atoms with Crippen molar-refractivity contribution in [3.63, 3.8) is 0 Å². The molecule has 2 aromatic carbocycles. The molecule has 0 N–H and O–H groups in total. The summed E-state index contributed by atoms with van der Waals surface area (Å²) < 4.78 is 15.6. The van der Waals surface area contributed by atoms with Crippen molar-refractivity contribution in [2.45, 2.75) is 105 Å². The Bertz CT molecular complexity index is 1100. The minimum Gasteiger partial charge on any atom is -0.482 e. The van der Waals surface area contributed by atoms with Crippen molar-refractivity contribution in [3.8, 4) is 11.5 Å². The minimum atomic E-state index is -3.52. The summed E-state index contributed by atoms with van der Waals surface area (Å²) in [6.07, 6.45) is 0. The van der Waals surface area contributed by atoms with Gasteiger partial charge in [-0.25, -0.2) is 0 Å². The van der Waals surface area contributed by atoms with E-state index in [0.717, 1.165) is 28.5 Å². The molecule has 0 fully saturated rings. The molecule has 192 valence electrons. The van der Waals surface area contributed by atoms with Crippen molar-refractivity contribution in [1.29, 1.82) is 0 Å². The van der Waals surface area contributed by atoms with E-state index in [1.807, 2.05) is 18.2 Å². The van der Waals surface area contributed by atoms with Crippen LogP contribution < -0.4 is 8.85 Å². The number of amidine groups is 1. The molecule has 6 heteroatoms. The molecule has 4 nitrogen and oxygen atoms in total. The van der Waals surface area contributed by atoms with Gasteiger partial charge in [0.15, 0.2) is 11.5 Å². The normalized spacial score (nSPS) is 19.2. The van der Waals surface area contributed by atoms with Crippen LogP contribution in [0, 0.1) is 0 Å². The van der Waals surface area contributed by atoms with Crippen LogP contribution in [0.2, 0.25) is 0 Å². The van der Waals surface area contributed by atoms with Crippen molar-refractivity contribution in [2.24, 2.45) is 4.99 Å². The summed E-state index contributed by atoms with van der Waals surface area (Å²) >= 11 is 7.49. The standard InChI is InChI=1S/C29H43ClN2O2Si/c1-26(2,3)21-18-22(27(4,5)6)24-23(19-21)33-35(30,34-24)32(29(10,11)12)25(31-28(7,8)9)20-16-14-13-15-17-20/h13-19H,1-12H3. The smallest absolute Gasteiger partial charge is 0.482 e. The van der Waals surface area contributed by atoms with Gasteiger partial charge in [0, 0.05) is 16.7 Å². The first kappa shape index (κ1) is 27.6. The van der Waals surface area contributed by atoms with E-state index < -0.39 is 13.6 Å². The van der Waals surface area contributed by atoms with Gasteiger partial charge in [-0.15, -0.1) is 0 Å². The van der Waals surface area contributed by atoms with E-state index in [4.69, 9.17) is 24.9 Å². The lowest BCUT2D eigenvalue weighted by molar-refractivity contribution is 0.270. The zero-order chi connectivity index (χ0) is 26.6. The molecule has 0 amide bonds. The van der Waals surface area contributed by atoms with E-state index in [1.165, 1.54) is 5.56 Å². The number of nitrogens with zero attached hydrogens (tertiary/aromatic N) is 2. The summed E-state index contributed by atoms with van der Waals surface area (Å²) in [6, 6.07) is 14.5. The fourth-order valence-electron chi connectivity index (χ4n) is 4.14. The maximum absolute atomic E-state index is 7.49. The van der Waals surface area contributed by atoms with E-state index in [0.29, 0.717) is 0 Å². The molecule has 0 saturated heterocycles. The Kier molecular flexibility index (Phi) is 6.97. The Balaban J connectivity index is 2.25. The van der Waals surface area contributed by atoms with Crippen LogP contribution in [-0.2, 0) is 10.8 Å². The van der Waals surface area contributed by atoms with Crippen LogP contribution in [0.3, 0.4) is 0 Å². The topological polar surface area (TPSA) is 34.1 Å². The summed E-state index contributed by atoms with van der Waals surface area (Å²) in [7, 11) is -3.52. The fourth-order valence-corrected chi connectivity index (χ4v) is 7.96. The zero-order valence-corrected chi connectivity index (χ0v) is 25.4. The van der Waals surface area contributed by atoms with Crippen LogP contribution in [0.4, 0.5) is 0 Å². The first-order valence-corrected chi connectivity index (χ1v) is 15.2. The highest BCUT2D eigenvalue weighted by Crippen LogP contribution is 2.50. The maximum atomic E-state index is 7.49. The molecule has 1 aliphatic rings. The Morgan fingerprint density at radius 3 is 1.83 bits per heavy atom. The van der Waals surface area contributed by atoms with Gasteiger partial charge in [0.25, 0.3) is 0 Å². The van der Waals surface area contributed by atoms with Crippen LogP contribution in [0.1, 0.15) is 99.8 Å². The Hall–Kier alpha value is -1.98. The van der Waals surface area contributed by atoms with Crippen LogP contribution in [0.25, 0.3) is 0 Å². The SMILES string of the molecule is CC(C)(C)N=C(c1ccccc1)N(C(C)(C)C)[Si]1(Cl)Oc2cc(C(C)(C)C)cc(C(C)(C)C)c2O1. The van der Waals surface area contributed by atoms with Gasteiger partial charge in [-0.05, 0) is 75.1 Å². The number of benzene rings is 2. The molecule has 1 heterocycles. The first-order valence-electron chi connectivity index (χ1n) is 12.4. The molecule has 3 rings (SSSR count). The highest BCUT2D eigenvalue weighted by Gasteiger charge is 2.60. The molecule has 1 unspecified atom stereocenters. The van der Waals surface area contributed by atoms with Gasteiger partial charge in [-0.3, -0.25) is 4.99 Å². The third kappa shape index (κ3) is 6.06. The van der Waals surface area contributed by atoms with Crippen LogP contribution in [0.15, 0.2) is 47.5 Å². The third-order valence-corrected chi connectivity index (χ3v) is 9.13. The lowest BCUT2D eigenvalue weighted by atomic mass is 9.80. The quantitative estimate of drug-likeness (QED) is 0.176. The van der Waals surface area contributed by atoms with E-state index >= 15 is 0 Å². The largest absolute Gasteiger partial charge is 0.704 e. The van der Waals surface area contributed by atoms with Crippen molar-refractivity contribution in [2.75, 3.05) is 0 Å². The molecular formula is C29H43ClN2O2Si. The maximum Gasteiger partial charge on any atom is 0.704 e. The van der Waals surface area contributed by atoms with Gasteiger partial charge in [0.05, 0.1) is 5.54 Å². The van der Waals surface area contributed by atoms with Gasteiger partial charge < -0.3 is 13.4 Å². The summed E-state index contributed by atoms with van der Waals surface area (Å²) in [4.78, 5) is 5.16. The predicted molar refractivity (Wildman–Crippen MR) is 151 cm³/mol. The number of fused-ring (bicyclic) bond motifs is 1. The number of rotatable bonds is 2. The third-order valence-electron chi connectivity index (χ3n) is 5.82. The van der Waals surface area contributed by atoms with E-state index in [-0.39, 0.29) is 16.4 Å². The van der Waals surface area contributed by atoms with E-state index in [2.05, 4.69) is 112 Å². The molecular weight excluding hydrogens is 472 g/mol. The minimum absolute atomic E-state index is 0.0376. The predicted octanol–water partition coefficient (Wildman–Crippen LogP) is 8.07. The van der Waals surface area contributed by atoms with Crippen molar-refractivity contribution < 1.29 is 8.85 Å². The average Bonchev–Trinajstić information content (AvgIpc) is 3.00. The van der Waals surface area contributed by atoms with Gasteiger partial charge in [0.2, 0.25) is 0 Å². The van der Waals surface area contributed by atoms with E-state index in [9.17, 15) is 0 Å². The van der Waals surface area contributed by atoms with Crippen molar-refractivity contribution in [3.05, 3.63) is 59.2 Å². The van der Waals surface area contributed by atoms with Gasteiger partial charge >= 0.3 is 8.03 Å². The lowest BCUT2D eigenvalue weighted by Crippen LogP contribution is -2.66. The summed E-state index contributed by atoms with van der Waals surface area (Å²) in [6.45, 7) is 25.9. The molecule has 35 heavy (non-hydrogen) atoms. The number of hydrogen-bond donors (Lipinski definition) is 0. The molecule has 0 bridgehead atoms. The molecule has 1 aliphatic heterocycles. The monoisotopic (exact) mass is 514 g/mol. The van der Waals surface area contributed by atoms with E-state index in [1.54, 1.807) is 0 Å². The van der Waals surface area contributed by atoms with Gasteiger partial charge in [-0.2, -0.15) is 0 Å². The van der Waals surface area contributed by atoms with Crippen molar-refractivity contribution in [1.82, 2.24) is 4.57 Å². The Morgan fingerprint density at radius 2 is 1.37 bits per heavy atom. The second-order valence-electron chi connectivity index (χ2n) is 13.5. The fraction of sp³-hybridized carbons (Fsp3) is 0.552. The van der Waals surface area contributed by atoms with Crippen LogP contribution >= 0.6 is 11.1 Å². The molecule has 0 aliphatic carbocycles. The molecule has 0 radical (unpaired) electrons. The summed E-state index contributed by atoms with van der Waals surface area (Å²) in [5, 5.41) is 0. The molecule has 2 aromatic rings.